The molecule has 0 saturated heterocycles. The number of benzene rings is 1. The molecule has 4 rings (SSSR count). The van der Waals surface area contributed by atoms with Crippen LogP contribution in [-0.2, 0) is 4.79 Å². The molecule has 1 unspecified atom stereocenters. The molecule has 1 amide bonds. The normalized spacial score (nSPS) is 17.2. The van der Waals surface area contributed by atoms with Crippen LogP contribution in [0, 0.1) is 36.0 Å². The third kappa shape index (κ3) is 8.29. The predicted molar refractivity (Wildman–Crippen MR) is 180 cm³/mol. The number of carboxylic acids is 1. The van der Waals surface area contributed by atoms with Crippen molar-refractivity contribution < 1.29 is 28.9 Å². The molecule has 242 valence electrons. The molecule has 1 aromatic carbocycles. The highest BCUT2D eigenvalue weighted by molar-refractivity contribution is 7.15. The van der Waals surface area contributed by atoms with E-state index in [-0.39, 0.29) is 28.2 Å². The van der Waals surface area contributed by atoms with E-state index < -0.39 is 5.97 Å². The quantitative estimate of drug-likeness (QED) is 0.213. The minimum absolute atomic E-state index is 0.0271. The van der Waals surface area contributed by atoms with Gasteiger partial charge in [-0.1, -0.05) is 18.8 Å². The van der Waals surface area contributed by atoms with Crippen molar-refractivity contribution in [2.45, 2.75) is 86.6 Å². The first-order valence-electron chi connectivity index (χ1n) is 15.8. The van der Waals surface area contributed by atoms with Gasteiger partial charge in [0.1, 0.15) is 16.4 Å². The van der Waals surface area contributed by atoms with Gasteiger partial charge in [0.15, 0.2) is 0 Å². The average molecular weight is 635 g/mol. The fourth-order valence-corrected chi connectivity index (χ4v) is 6.53. The van der Waals surface area contributed by atoms with Crippen LogP contribution < -0.4 is 19.1 Å². The summed E-state index contributed by atoms with van der Waals surface area (Å²) in [6.45, 7) is 14.8. The summed E-state index contributed by atoms with van der Waals surface area (Å²) in [6, 6.07) is 7.05. The number of pyridine rings is 1. The number of thiophene rings is 1. The van der Waals surface area contributed by atoms with E-state index in [0.29, 0.717) is 47.7 Å². The third-order valence-electron chi connectivity index (χ3n) is 8.20. The standard InChI is InChI=1S/C36H46N2O6S/c1-9-43-31-21-30(27-14-15-29(42-8)24(4)32(27)37-31)44-19-17-23(3)38(34(39)25-12-10-22(2)11-13-25)28-20-26(16-18-36(5,6)7)45-33(28)35(40)41/h14-15,20-23,25H,9-13,17,19H2,1-8H3,(H,40,41). The first kappa shape index (κ1) is 34.1. The van der Waals surface area contributed by atoms with Gasteiger partial charge in [0.2, 0.25) is 11.8 Å². The molecule has 9 heteroatoms. The molecule has 1 N–H and O–H groups in total. The zero-order valence-electron chi connectivity index (χ0n) is 27.8. The van der Waals surface area contributed by atoms with Gasteiger partial charge in [0, 0.05) is 40.8 Å². The van der Waals surface area contributed by atoms with Crippen molar-refractivity contribution in [2.24, 2.45) is 17.3 Å². The summed E-state index contributed by atoms with van der Waals surface area (Å²) in [5.41, 5.74) is 1.80. The number of fused-ring (bicyclic) bond motifs is 1. The lowest BCUT2D eigenvalue weighted by Crippen LogP contribution is -2.44. The van der Waals surface area contributed by atoms with Crippen LogP contribution in [0.15, 0.2) is 24.3 Å². The van der Waals surface area contributed by atoms with Crippen molar-refractivity contribution in [3.05, 3.63) is 39.6 Å². The molecule has 1 atom stereocenters. The van der Waals surface area contributed by atoms with E-state index in [9.17, 15) is 14.7 Å². The fourth-order valence-electron chi connectivity index (χ4n) is 5.69. The van der Waals surface area contributed by atoms with Gasteiger partial charge in [-0.05, 0) is 91.3 Å². The largest absolute Gasteiger partial charge is 0.496 e. The maximum absolute atomic E-state index is 14.2. The number of carboxylic acid groups (broad SMARTS) is 1. The highest BCUT2D eigenvalue weighted by atomic mass is 32.1. The number of carbonyl (C=O) groups is 2. The molecule has 45 heavy (non-hydrogen) atoms. The first-order chi connectivity index (χ1) is 21.3. The number of carbonyl (C=O) groups excluding carboxylic acids is 1. The van der Waals surface area contributed by atoms with Crippen LogP contribution in [0.5, 0.6) is 17.4 Å². The SMILES string of the molecule is CCOc1cc(OCCC(C)N(C(=O)C2CCC(C)CC2)c2cc(C#CC(C)(C)C)sc2C(=O)O)c2ccc(OC)c(C)c2n1. The second-order valence-corrected chi connectivity index (χ2v) is 14.0. The van der Waals surface area contributed by atoms with Crippen molar-refractivity contribution in [3.8, 4) is 29.2 Å². The Morgan fingerprint density at radius 1 is 1.13 bits per heavy atom. The van der Waals surface area contributed by atoms with Gasteiger partial charge in [-0.15, -0.1) is 11.3 Å². The number of amides is 1. The van der Waals surface area contributed by atoms with Crippen LogP contribution in [0.3, 0.4) is 0 Å². The number of aromatic carboxylic acids is 1. The molecule has 1 saturated carbocycles. The fraction of sp³-hybridized carbons (Fsp3) is 0.528. The van der Waals surface area contributed by atoms with Gasteiger partial charge < -0.3 is 24.2 Å². The summed E-state index contributed by atoms with van der Waals surface area (Å²) in [5, 5.41) is 11.0. The van der Waals surface area contributed by atoms with Crippen molar-refractivity contribution in [3.63, 3.8) is 0 Å². The molecule has 0 bridgehead atoms. The number of hydrogen-bond donors (Lipinski definition) is 1. The molecule has 2 heterocycles. The van der Waals surface area contributed by atoms with Gasteiger partial charge in [0.25, 0.3) is 0 Å². The Hall–Kier alpha value is -3.77. The molecule has 2 aromatic heterocycles. The third-order valence-corrected chi connectivity index (χ3v) is 9.23. The molecule has 1 aliphatic rings. The number of anilines is 1. The van der Waals surface area contributed by atoms with E-state index in [1.807, 2.05) is 53.7 Å². The highest BCUT2D eigenvalue weighted by Crippen LogP contribution is 2.38. The van der Waals surface area contributed by atoms with E-state index in [4.69, 9.17) is 14.2 Å². The van der Waals surface area contributed by atoms with Crippen LogP contribution in [0.4, 0.5) is 5.69 Å². The number of methoxy groups -OCH3 is 1. The molecule has 1 fully saturated rings. The lowest BCUT2D eigenvalue weighted by molar-refractivity contribution is -0.124. The zero-order chi connectivity index (χ0) is 32.9. The van der Waals surface area contributed by atoms with Gasteiger partial charge >= 0.3 is 5.97 Å². The summed E-state index contributed by atoms with van der Waals surface area (Å²) in [4.78, 5) is 33.8. The van der Waals surface area contributed by atoms with Gasteiger partial charge in [-0.3, -0.25) is 4.79 Å². The summed E-state index contributed by atoms with van der Waals surface area (Å²) in [5.74, 6) is 7.51. The Balaban J connectivity index is 1.65. The average Bonchev–Trinajstić information content (AvgIpc) is 3.41. The topological polar surface area (TPSA) is 98.2 Å². The number of rotatable bonds is 11. The van der Waals surface area contributed by atoms with E-state index in [1.54, 1.807) is 24.1 Å². The van der Waals surface area contributed by atoms with E-state index in [1.165, 1.54) is 0 Å². The maximum atomic E-state index is 14.2. The lowest BCUT2D eigenvalue weighted by Gasteiger charge is -2.34. The van der Waals surface area contributed by atoms with Crippen LogP contribution in [0.25, 0.3) is 10.9 Å². The maximum Gasteiger partial charge on any atom is 0.348 e. The predicted octanol–water partition coefficient (Wildman–Crippen LogP) is 8.12. The molecule has 0 spiro atoms. The van der Waals surface area contributed by atoms with Gasteiger partial charge in [-0.25, -0.2) is 9.78 Å². The second kappa shape index (κ2) is 14.6. The Bertz CT molecular complexity index is 1590. The van der Waals surface area contributed by atoms with Gasteiger partial charge in [0.05, 0.1) is 36.4 Å². The van der Waals surface area contributed by atoms with Crippen LogP contribution in [0.1, 0.15) is 93.8 Å². The molecule has 3 aromatic rings. The monoisotopic (exact) mass is 634 g/mol. The number of aromatic nitrogens is 1. The highest BCUT2D eigenvalue weighted by Gasteiger charge is 2.34. The molecule has 1 aliphatic carbocycles. The smallest absolute Gasteiger partial charge is 0.348 e. The van der Waals surface area contributed by atoms with Crippen molar-refractivity contribution in [2.75, 3.05) is 25.2 Å². The molecule has 0 radical (unpaired) electrons. The van der Waals surface area contributed by atoms with Crippen molar-refractivity contribution in [1.82, 2.24) is 4.98 Å². The van der Waals surface area contributed by atoms with E-state index >= 15 is 0 Å². The molecular weight excluding hydrogens is 588 g/mol. The second-order valence-electron chi connectivity index (χ2n) is 13.0. The number of aryl methyl sites for hydroxylation is 1. The van der Waals surface area contributed by atoms with Crippen LogP contribution in [0.2, 0.25) is 0 Å². The summed E-state index contributed by atoms with van der Waals surface area (Å²) in [7, 11) is 1.63. The summed E-state index contributed by atoms with van der Waals surface area (Å²) < 4.78 is 17.6. The Morgan fingerprint density at radius 2 is 1.84 bits per heavy atom. The molecular formula is C36H46N2O6S. The minimum Gasteiger partial charge on any atom is -0.496 e. The number of nitrogens with zero attached hydrogens (tertiary/aromatic N) is 2. The lowest BCUT2D eigenvalue weighted by atomic mass is 9.82. The number of hydrogen-bond acceptors (Lipinski definition) is 7. The van der Waals surface area contributed by atoms with Crippen LogP contribution in [-0.4, -0.2) is 48.3 Å². The van der Waals surface area contributed by atoms with Crippen LogP contribution >= 0.6 is 11.3 Å². The summed E-state index contributed by atoms with van der Waals surface area (Å²) >= 11 is 1.12. The Labute approximate surface area is 271 Å². The van der Waals surface area contributed by atoms with Crippen molar-refractivity contribution >= 4 is 39.8 Å². The van der Waals surface area contributed by atoms with Gasteiger partial charge in [-0.2, -0.15) is 0 Å². The van der Waals surface area contributed by atoms with E-state index in [2.05, 4.69) is 23.7 Å². The first-order valence-corrected chi connectivity index (χ1v) is 16.6. The molecule has 8 nitrogen and oxygen atoms in total. The Kier molecular flexibility index (Phi) is 11.0. The van der Waals surface area contributed by atoms with Crippen molar-refractivity contribution in [1.29, 1.82) is 0 Å². The van der Waals surface area contributed by atoms with E-state index in [0.717, 1.165) is 59.2 Å². The Morgan fingerprint density at radius 3 is 2.47 bits per heavy atom. The molecule has 0 aliphatic heterocycles. The minimum atomic E-state index is -1.06. The zero-order valence-corrected chi connectivity index (χ0v) is 28.6. The number of ether oxygens (including phenoxy) is 3. The summed E-state index contributed by atoms with van der Waals surface area (Å²) in [6.07, 6.45) is 4.06.